The Kier molecular flexibility index (Phi) is 3.60. The van der Waals surface area contributed by atoms with Crippen LogP contribution >= 0.6 is 11.3 Å². The molecule has 1 fully saturated rings. The Morgan fingerprint density at radius 1 is 1.41 bits per heavy atom. The molecule has 0 spiro atoms. The first-order chi connectivity index (χ1) is 7.90. The molecule has 0 saturated heterocycles. The molecule has 1 aromatic rings. The molecule has 17 heavy (non-hydrogen) atoms. The summed E-state index contributed by atoms with van der Waals surface area (Å²) < 4.78 is 0. The fraction of sp³-hybridized carbons (Fsp3) is 0.786. The third-order valence-electron chi connectivity index (χ3n) is 4.04. The topological polar surface area (TPSA) is 24.9 Å². The van der Waals surface area contributed by atoms with Crippen LogP contribution in [0.1, 0.15) is 61.7 Å². The van der Waals surface area contributed by atoms with Gasteiger partial charge in [-0.25, -0.2) is 4.98 Å². The molecule has 1 aromatic heterocycles. The van der Waals surface area contributed by atoms with E-state index in [2.05, 4.69) is 44.9 Å². The van der Waals surface area contributed by atoms with Gasteiger partial charge in [0.15, 0.2) is 0 Å². The second-order valence-corrected chi connectivity index (χ2v) is 7.24. The summed E-state index contributed by atoms with van der Waals surface area (Å²) in [7, 11) is 0. The van der Waals surface area contributed by atoms with Crippen LogP contribution in [0.25, 0.3) is 0 Å². The van der Waals surface area contributed by atoms with Crippen LogP contribution in [0, 0.1) is 19.3 Å². The second kappa shape index (κ2) is 4.69. The van der Waals surface area contributed by atoms with Crippen LogP contribution in [0.15, 0.2) is 0 Å². The lowest BCUT2D eigenvalue weighted by atomic mass is 9.87. The zero-order valence-corrected chi connectivity index (χ0v) is 12.4. The third kappa shape index (κ3) is 2.71. The van der Waals surface area contributed by atoms with Gasteiger partial charge in [-0.3, -0.25) is 0 Å². The number of nitrogens with zero attached hydrogens (tertiary/aromatic N) is 1. The van der Waals surface area contributed by atoms with Gasteiger partial charge in [-0.05, 0) is 39.0 Å². The van der Waals surface area contributed by atoms with E-state index < -0.39 is 0 Å². The maximum Gasteiger partial charge on any atom is 0.0900 e. The van der Waals surface area contributed by atoms with Crippen LogP contribution in [0.5, 0.6) is 0 Å². The van der Waals surface area contributed by atoms with E-state index in [9.17, 15) is 0 Å². The van der Waals surface area contributed by atoms with Crippen molar-refractivity contribution in [2.75, 3.05) is 0 Å². The summed E-state index contributed by atoms with van der Waals surface area (Å²) in [6.45, 7) is 11.3. The predicted molar refractivity (Wildman–Crippen MR) is 74.6 cm³/mol. The summed E-state index contributed by atoms with van der Waals surface area (Å²) in [5, 5.41) is 4.99. The Labute approximate surface area is 109 Å². The molecule has 1 heterocycles. The van der Waals surface area contributed by atoms with Gasteiger partial charge in [0, 0.05) is 17.0 Å². The highest BCUT2D eigenvalue weighted by Gasteiger charge is 2.35. The maximum absolute atomic E-state index is 4.52. The first-order valence-corrected chi connectivity index (χ1v) is 7.42. The number of rotatable bonds is 3. The molecule has 3 heteroatoms. The Morgan fingerprint density at radius 2 is 2.12 bits per heavy atom. The summed E-state index contributed by atoms with van der Waals surface area (Å²) >= 11 is 1.83. The average molecular weight is 252 g/mol. The molecule has 2 unspecified atom stereocenters. The van der Waals surface area contributed by atoms with Crippen molar-refractivity contribution in [3.8, 4) is 0 Å². The Bertz CT molecular complexity index is 395. The van der Waals surface area contributed by atoms with Gasteiger partial charge in [-0.2, -0.15) is 0 Å². The molecule has 2 nitrogen and oxygen atoms in total. The normalized spacial score (nSPS) is 25.1. The molecular formula is C14H24N2S. The van der Waals surface area contributed by atoms with Gasteiger partial charge < -0.3 is 5.32 Å². The summed E-state index contributed by atoms with van der Waals surface area (Å²) in [6.07, 6.45) is 4.02. The van der Waals surface area contributed by atoms with Gasteiger partial charge in [0.1, 0.15) is 0 Å². The number of aryl methyl sites for hydroxylation is 2. The van der Waals surface area contributed by atoms with Crippen molar-refractivity contribution in [3.05, 3.63) is 15.6 Å². The second-order valence-electron chi connectivity index (χ2n) is 6.00. The van der Waals surface area contributed by atoms with Crippen LogP contribution < -0.4 is 5.32 Å². The quantitative estimate of drug-likeness (QED) is 0.880. The molecule has 2 atom stereocenters. The van der Waals surface area contributed by atoms with E-state index in [-0.39, 0.29) is 0 Å². The lowest BCUT2D eigenvalue weighted by molar-refractivity contribution is 0.267. The van der Waals surface area contributed by atoms with Crippen molar-refractivity contribution in [1.29, 1.82) is 0 Å². The van der Waals surface area contributed by atoms with Gasteiger partial charge in [0.25, 0.3) is 0 Å². The number of nitrogens with one attached hydrogen (secondary N) is 1. The minimum absolute atomic E-state index is 0.434. The zero-order valence-electron chi connectivity index (χ0n) is 11.6. The predicted octanol–water partition coefficient (Wildman–Crippen LogP) is 3.99. The average Bonchev–Trinajstić information content (AvgIpc) is 2.70. The smallest absolute Gasteiger partial charge is 0.0900 e. The van der Waals surface area contributed by atoms with E-state index in [1.165, 1.54) is 34.8 Å². The highest BCUT2D eigenvalue weighted by molar-refractivity contribution is 7.11. The van der Waals surface area contributed by atoms with E-state index in [1.807, 2.05) is 11.3 Å². The highest BCUT2D eigenvalue weighted by Crippen LogP contribution is 2.38. The van der Waals surface area contributed by atoms with Crippen LogP contribution in [-0.2, 0) is 0 Å². The largest absolute Gasteiger partial charge is 0.306 e. The van der Waals surface area contributed by atoms with Gasteiger partial charge in [0.05, 0.1) is 10.7 Å². The molecule has 0 amide bonds. The van der Waals surface area contributed by atoms with E-state index in [0.717, 1.165) is 0 Å². The Balaban J connectivity index is 2.07. The summed E-state index contributed by atoms with van der Waals surface area (Å²) in [5.41, 5.74) is 1.64. The first kappa shape index (κ1) is 13.0. The van der Waals surface area contributed by atoms with Crippen LogP contribution in [0.2, 0.25) is 0 Å². The number of aromatic nitrogens is 1. The van der Waals surface area contributed by atoms with Gasteiger partial charge in [-0.15, -0.1) is 11.3 Å². The van der Waals surface area contributed by atoms with Gasteiger partial charge in [-0.1, -0.05) is 20.3 Å². The van der Waals surface area contributed by atoms with Gasteiger partial charge in [0.2, 0.25) is 0 Å². The van der Waals surface area contributed by atoms with E-state index >= 15 is 0 Å². The molecule has 1 N–H and O–H groups in total. The maximum atomic E-state index is 4.52. The SMILES string of the molecule is Cc1nc(C)c(C(C)NC2CCCC2(C)C)s1. The lowest BCUT2D eigenvalue weighted by Gasteiger charge is -2.30. The third-order valence-corrected chi connectivity index (χ3v) is 5.30. The van der Waals surface area contributed by atoms with Gasteiger partial charge >= 0.3 is 0 Å². The zero-order chi connectivity index (χ0) is 12.6. The number of hydrogen-bond acceptors (Lipinski definition) is 3. The Morgan fingerprint density at radius 3 is 2.59 bits per heavy atom. The fourth-order valence-electron chi connectivity index (χ4n) is 2.96. The molecule has 96 valence electrons. The van der Waals surface area contributed by atoms with Crippen molar-refractivity contribution in [1.82, 2.24) is 10.3 Å². The van der Waals surface area contributed by atoms with E-state index in [0.29, 0.717) is 17.5 Å². The number of thiazole rings is 1. The van der Waals surface area contributed by atoms with E-state index in [4.69, 9.17) is 0 Å². The van der Waals surface area contributed by atoms with Crippen LogP contribution in [0.3, 0.4) is 0 Å². The molecule has 1 aliphatic carbocycles. The number of hydrogen-bond donors (Lipinski definition) is 1. The minimum Gasteiger partial charge on any atom is -0.306 e. The molecule has 1 saturated carbocycles. The minimum atomic E-state index is 0.434. The molecule has 0 bridgehead atoms. The Hall–Kier alpha value is -0.410. The highest BCUT2D eigenvalue weighted by atomic mass is 32.1. The standard InChI is InChI=1S/C14H24N2S/c1-9-13(17-11(3)15-9)10(2)16-12-7-6-8-14(12,4)5/h10,12,16H,6-8H2,1-5H3. The fourth-order valence-corrected chi connectivity index (χ4v) is 3.90. The first-order valence-electron chi connectivity index (χ1n) is 6.60. The summed E-state index contributed by atoms with van der Waals surface area (Å²) in [6, 6.07) is 1.09. The molecule has 0 radical (unpaired) electrons. The van der Waals surface area contributed by atoms with E-state index in [1.54, 1.807) is 0 Å². The molecular weight excluding hydrogens is 228 g/mol. The van der Waals surface area contributed by atoms with Crippen LogP contribution in [-0.4, -0.2) is 11.0 Å². The van der Waals surface area contributed by atoms with Crippen LogP contribution in [0.4, 0.5) is 0 Å². The van der Waals surface area contributed by atoms with Crippen molar-refractivity contribution in [2.24, 2.45) is 5.41 Å². The lowest BCUT2D eigenvalue weighted by Crippen LogP contribution is -2.39. The van der Waals surface area contributed by atoms with Crippen molar-refractivity contribution in [2.45, 2.75) is 66.0 Å². The van der Waals surface area contributed by atoms with Crippen molar-refractivity contribution >= 4 is 11.3 Å². The molecule has 2 rings (SSSR count). The molecule has 0 aliphatic heterocycles. The molecule has 1 aliphatic rings. The van der Waals surface area contributed by atoms with Crippen molar-refractivity contribution < 1.29 is 0 Å². The monoisotopic (exact) mass is 252 g/mol. The van der Waals surface area contributed by atoms with Crippen molar-refractivity contribution in [3.63, 3.8) is 0 Å². The summed E-state index contributed by atoms with van der Waals surface area (Å²) in [5.74, 6) is 0. The summed E-state index contributed by atoms with van der Waals surface area (Å²) in [4.78, 5) is 5.93. The molecule has 0 aromatic carbocycles.